The number of thiophene rings is 1. The number of carbonyl (C=O) groups excluding carboxylic acids is 2. The van der Waals surface area contributed by atoms with E-state index in [9.17, 15) is 9.59 Å². The second-order valence-electron chi connectivity index (χ2n) is 9.05. The van der Waals surface area contributed by atoms with Gasteiger partial charge in [0.15, 0.2) is 6.61 Å². The van der Waals surface area contributed by atoms with Gasteiger partial charge in [-0.05, 0) is 47.5 Å². The minimum Gasteiger partial charge on any atom is -0.484 e. The van der Waals surface area contributed by atoms with Crippen LogP contribution in [0.5, 0.6) is 5.75 Å². The van der Waals surface area contributed by atoms with Gasteiger partial charge in [0.1, 0.15) is 5.75 Å². The average molecular weight is 490 g/mol. The van der Waals surface area contributed by atoms with Gasteiger partial charge in [0.25, 0.3) is 5.91 Å². The number of hydrogen-bond acceptors (Lipinski definition) is 5. The molecule has 3 aromatic rings. The number of benzene rings is 2. The zero-order chi connectivity index (χ0) is 24.0. The third kappa shape index (κ3) is 5.57. The predicted octanol–water partition coefficient (Wildman–Crippen LogP) is 3.84. The Balaban J connectivity index is 1.19. The fourth-order valence-corrected chi connectivity index (χ4v) is 5.91. The first kappa shape index (κ1) is 23.6. The molecule has 35 heavy (non-hydrogen) atoms. The van der Waals surface area contributed by atoms with Crippen LogP contribution >= 0.6 is 11.3 Å². The van der Waals surface area contributed by atoms with E-state index in [0.717, 1.165) is 19.4 Å². The molecule has 1 saturated heterocycles. The first-order chi connectivity index (χ1) is 17.2. The zero-order valence-electron chi connectivity index (χ0n) is 19.8. The van der Waals surface area contributed by atoms with Crippen molar-refractivity contribution in [1.82, 2.24) is 14.7 Å². The Kier molecular flexibility index (Phi) is 7.45. The van der Waals surface area contributed by atoms with Crippen LogP contribution < -0.4 is 4.74 Å². The maximum atomic E-state index is 13.4. The van der Waals surface area contributed by atoms with Crippen LogP contribution in [0.3, 0.4) is 0 Å². The monoisotopic (exact) mass is 489 g/mol. The largest absolute Gasteiger partial charge is 0.484 e. The Labute approximate surface area is 210 Å². The Hall–Kier alpha value is -3.16. The van der Waals surface area contributed by atoms with Gasteiger partial charge in [-0.25, -0.2) is 0 Å². The summed E-state index contributed by atoms with van der Waals surface area (Å²) in [4.78, 5) is 33.6. The Morgan fingerprint density at radius 3 is 2.26 bits per heavy atom. The molecule has 1 atom stereocenters. The molecule has 0 radical (unpaired) electrons. The topological polar surface area (TPSA) is 53.1 Å². The number of amides is 2. The normalized spacial score (nSPS) is 18.6. The van der Waals surface area contributed by atoms with Crippen molar-refractivity contribution in [1.29, 1.82) is 0 Å². The molecule has 0 N–H and O–H groups in total. The highest BCUT2D eigenvalue weighted by Gasteiger charge is 2.32. The van der Waals surface area contributed by atoms with Crippen LogP contribution in [-0.2, 0) is 16.0 Å². The molecule has 2 aliphatic rings. The minimum absolute atomic E-state index is 0.0213. The van der Waals surface area contributed by atoms with Gasteiger partial charge >= 0.3 is 0 Å². The maximum absolute atomic E-state index is 13.4. The summed E-state index contributed by atoms with van der Waals surface area (Å²) < 4.78 is 5.63. The molecule has 2 amide bonds. The predicted molar refractivity (Wildman–Crippen MR) is 138 cm³/mol. The summed E-state index contributed by atoms with van der Waals surface area (Å²) >= 11 is 1.81. The third-order valence-corrected chi connectivity index (χ3v) is 7.82. The van der Waals surface area contributed by atoms with E-state index in [-0.39, 0.29) is 24.5 Å². The summed E-state index contributed by atoms with van der Waals surface area (Å²) in [5, 5.41) is 2.16. The van der Waals surface area contributed by atoms with Crippen LogP contribution in [0.4, 0.5) is 0 Å². The fourth-order valence-electron chi connectivity index (χ4n) is 5.01. The number of hydrogen-bond donors (Lipinski definition) is 0. The fraction of sp³-hybridized carbons (Fsp3) is 0.357. The minimum atomic E-state index is -0.0340. The molecule has 0 bridgehead atoms. The van der Waals surface area contributed by atoms with Crippen LogP contribution in [0.1, 0.15) is 28.5 Å². The highest BCUT2D eigenvalue weighted by Crippen LogP contribution is 2.37. The number of carbonyl (C=O) groups is 2. The lowest BCUT2D eigenvalue weighted by Gasteiger charge is -2.37. The molecular weight excluding hydrogens is 458 g/mol. The van der Waals surface area contributed by atoms with Crippen LogP contribution in [0.25, 0.3) is 0 Å². The number of ether oxygens (including phenoxy) is 1. The summed E-state index contributed by atoms with van der Waals surface area (Å²) in [7, 11) is 0. The first-order valence-corrected chi connectivity index (χ1v) is 13.2. The Morgan fingerprint density at radius 2 is 1.51 bits per heavy atom. The van der Waals surface area contributed by atoms with E-state index in [0.29, 0.717) is 38.5 Å². The van der Waals surface area contributed by atoms with Crippen molar-refractivity contribution in [3.8, 4) is 5.75 Å². The molecule has 5 rings (SSSR count). The summed E-state index contributed by atoms with van der Waals surface area (Å²) in [6.45, 7) is 3.70. The molecule has 0 aliphatic carbocycles. The van der Waals surface area contributed by atoms with Crippen LogP contribution in [0, 0.1) is 0 Å². The summed E-state index contributed by atoms with van der Waals surface area (Å²) in [6, 6.07) is 22.2. The van der Waals surface area contributed by atoms with Crippen LogP contribution in [0.2, 0.25) is 0 Å². The SMILES string of the molecule is O=C(COc1ccccc1)N1CCCN(C(=O)CN2CCc3sccc3[C@H]2c2ccccc2)CC1. The average Bonchev–Trinajstić information content (AvgIpc) is 3.23. The van der Waals surface area contributed by atoms with Gasteiger partial charge in [-0.2, -0.15) is 0 Å². The molecule has 2 aromatic carbocycles. The summed E-state index contributed by atoms with van der Waals surface area (Å²) in [5.74, 6) is 0.795. The lowest BCUT2D eigenvalue weighted by molar-refractivity contribution is -0.135. The van der Waals surface area contributed by atoms with Gasteiger partial charge in [0.05, 0.1) is 12.6 Å². The van der Waals surface area contributed by atoms with Gasteiger partial charge in [-0.3, -0.25) is 14.5 Å². The van der Waals surface area contributed by atoms with E-state index < -0.39 is 0 Å². The highest BCUT2D eigenvalue weighted by atomic mass is 32.1. The molecule has 1 aromatic heterocycles. The van der Waals surface area contributed by atoms with Crippen molar-refractivity contribution in [2.75, 3.05) is 45.9 Å². The Morgan fingerprint density at radius 1 is 0.829 bits per heavy atom. The molecule has 0 unspecified atom stereocenters. The first-order valence-electron chi connectivity index (χ1n) is 12.3. The maximum Gasteiger partial charge on any atom is 0.260 e. The zero-order valence-corrected chi connectivity index (χ0v) is 20.7. The van der Waals surface area contributed by atoms with Crippen LogP contribution in [-0.4, -0.2) is 72.4 Å². The van der Waals surface area contributed by atoms with Gasteiger partial charge in [0.2, 0.25) is 5.91 Å². The van der Waals surface area contributed by atoms with Crippen molar-refractivity contribution >= 4 is 23.2 Å². The molecule has 0 spiro atoms. The molecule has 6 nitrogen and oxygen atoms in total. The van der Waals surface area contributed by atoms with Crippen molar-refractivity contribution in [3.63, 3.8) is 0 Å². The van der Waals surface area contributed by atoms with E-state index in [4.69, 9.17) is 4.74 Å². The molecular formula is C28H31N3O3S. The molecule has 7 heteroatoms. The number of para-hydroxylation sites is 1. The lowest BCUT2D eigenvalue weighted by Crippen LogP contribution is -2.45. The number of rotatable bonds is 6. The van der Waals surface area contributed by atoms with Gasteiger partial charge in [-0.1, -0.05) is 48.5 Å². The molecule has 3 heterocycles. The highest BCUT2D eigenvalue weighted by molar-refractivity contribution is 7.10. The van der Waals surface area contributed by atoms with E-state index in [1.807, 2.05) is 57.5 Å². The van der Waals surface area contributed by atoms with Crippen molar-refractivity contribution < 1.29 is 14.3 Å². The van der Waals surface area contributed by atoms with E-state index in [1.165, 1.54) is 16.0 Å². The van der Waals surface area contributed by atoms with Crippen molar-refractivity contribution in [3.05, 3.63) is 88.1 Å². The molecule has 0 saturated carbocycles. The van der Waals surface area contributed by atoms with Gasteiger partial charge in [0, 0.05) is 37.6 Å². The lowest BCUT2D eigenvalue weighted by atomic mass is 9.93. The smallest absolute Gasteiger partial charge is 0.260 e. The van der Waals surface area contributed by atoms with Crippen molar-refractivity contribution in [2.45, 2.75) is 18.9 Å². The quantitative estimate of drug-likeness (QED) is 0.528. The van der Waals surface area contributed by atoms with Crippen LogP contribution in [0.15, 0.2) is 72.1 Å². The standard InChI is InChI=1S/C28H31N3O3S/c32-26(20-31-16-12-25-24(13-19-35-25)28(31)22-8-3-1-4-9-22)29-14-7-15-30(18-17-29)27(33)21-34-23-10-5-2-6-11-23/h1-6,8-11,13,19,28H,7,12,14-18,20-21H2/t28-/m1/s1. The van der Waals surface area contributed by atoms with E-state index >= 15 is 0 Å². The van der Waals surface area contributed by atoms with E-state index in [2.05, 4.69) is 40.6 Å². The number of nitrogens with zero attached hydrogens (tertiary/aromatic N) is 3. The van der Waals surface area contributed by atoms with Gasteiger partial charge < -0.3 is 14.5 Å². The second kappa shape index (κ2) is 11.1. The van der Waals surface area contributed by atoms with E-state index in [1.54, 1.807) is 0 Å². The second-order valence-corrected chi connectivity index (χ2v) is 10.1. The summed E-state index contributed by atoms with van der Waals surface area (Å²) in [6.07, 6.45) is 1.76. The molecule has 1 fully saturated rings. The van der Waals surface area contributed by atoms with Crippen molar-refractivity contribution in [2.24, 2.45) is 0 Å². The molecule has 182 valence electrons. The van der Waals surface area contributed by atoms with Gasteiger partial charge in [-0.15, -0.1) is 11.3 Å². The number of fused-ring (bicyclic) bond motifs is 1. The summed E-state index contributed by atoms with van der Waals surface area (Å²) in [5.41, 5.74) is 2.55. The third-order valence-electron chi connectivity index (χ3n) is 6.83. The molecule has 2 aliphatic heterocycles. The Bertz CT molecular complexity index is 1130.